The van der Waals surface area contributed by atoms with Crippen LogP contribution in [0.5, 0.6) is 0 Å². The van der Waals surface area contributed by atoms with Gasteiger partial charge in [0.05, 0.1) is 0 Å². The van der Waals surface area contributed by atoms with E-state index in [2.05, 4.69) is 15.0 Å². The first kappa shape index (κ1) is 7.09. The van der Waals surface area contributed by atoms with Gasteiger partial charge in [-0.2, -0.15) is 4.98 Å². The van der Waals surface area contributed by atoms with Crippen molar-refractivity contribution >= 4 is 17.0 Å². The van der Waals surface area contributed by atoms with Gasteiger partial charge in [0.25, 0.3) is 0 Å². The van der Waals surface area contributed by atoms with Crippen LogP contribution in [-0.4, -0.2) is 29.0 Å². The second kappa shape index (κ2) is 2.48. The third-order valence-electron chi connectivity index (χ3n) is 1.69. The third kappa shape index (κ3) is 1.01. The summed E-state index contributed by atoms with van der Waals surface area (Å²) in [4.78, 5) is 13.4. The predicted molar refractivity (Wildman–Crippen MR) is 48.2 cm³/mol. The van der Waals surface area contributed by atoms with Crippen molar-refractivity contribution in [3.05, 3.63) is 18.5 Å². The van der Waals surface area contributed by atoms with Gasteiger partial charge in [0.2, 0.25) is 5.95 Å². The normalized spacial score (nSPS) is 10.5. The lowest BCUT2D eigenvalue weighted by Crippen LogP contribution is -2.12. The summed E-state index contributed by atoms with van der Waals surface area (Å²) < 4.78 is 0. The molecule has 0 saturated carbocycles. The average molecular weight is 162 g/mol. The highest BCUT2D eigenvalue weighted by atomic mass is 15.2. The molecular formula is C8H10N4. The second-order valence-corrected chi connectivity index (χ2v) is 2.85. The molecule has 0 amide bonds. The first-order valence-electron chi connectivity index (χ1n) is 3.75. The van der Waals surface area contributed by atoms with Crippen molar-refractivity contribution in [3.8, 4) is 0 Å². The molecule has 0 radical (unpaired) electrons. The highest BCUT2D eigenvalue weighted by Crippen LogP contribution is 2.10. The van der Waals surface area contributed by atoms with Crippen LogP contribution < -0.4 is 4.90 Å². The molecule has 0 aliphatic heterocycles. The number of aromatic nitrogens is 3. The Balaban J connectivity index is 2.60. The number of fused-ring (bicyclic) bond motifs is 1. The van der Waals surface area contributed by atoms with E-state index >= 15 is 0 Å². The molecule has 0 unspecified atom stereocenters. The maximum atomic E-state index is 4.29. The van der Waals surface area contributed by atoms with Crippen LogP contribution in [0.25, 0.3) is 11.0 Å². The molecule has 2 heterocycles. The fourth-order valence-electron chi connectivity index (χ4n) is 1.05. The number of nitrogens with one attached hydrogen (secondary N) is 1. The fourth-order valence-corrected chi connectivity index (χ4v) is 1.05. The Labute approximate surface area is 70.3 Å². The van der Waals surface area contributed by atoms with Crippen LogP contribution >= 0.6 is 0 Å². The zero-order valence-electron chi connectivity index (χ0n) is 7.07. The Morgan fingerprint density at radius 3 is 3.00 bits per heavy atom. The van der Waals surface area contributed by atoms with Gasteiger partial charge in [-0.15, -0.1) is 0 Å². The number of H-pyrrole nitrogens is 1. The van der Waals surface area contributed by atoms with Crippen molar-refractivity contribution in [3.63, 3.8) is 0 Å². The smallest absolute Gasteiger partial charge is 0.226 e. The molecular weight excluding hydrogens is 152 g/mol. The van der Waals surface area contributed by atoms with Crippen LogP contribution in [0.1, 0.15) is 0 Å². The summed E-state index contributed by atoms with van der Waals surface area (Å²) in [6, 6.07) is 1.95. The summed E-state index contributed by atoms with van der Waals surface area (Å²) in [5.74, 6) is 0.727. The van der Waals surface area contributed by atoms with Crippen molar-refractivity contribution in [2.24, 2.45) is 0 Å². The molecule has 0 aliphatic rings. The highest BCUT2D eigenvalue weighted by Gasteiger charge is 2.00. The molecule has 0 spiro atoms. The Bertz CT molecular complexity index is 391. The molecule has 4 heteroatoms. The third-order valence-corrected chi connectivity index (χ3v) is 1.69. The van der Waals surface area contributed by atoms with E-state index in [0.29, 0.717) is 0 Å². The van der Waals surface area contributed by atoms with E-state index < -0.39 is 0 Å². The van der Waals surface area contributed by atoms with Gasteiger partial charge in [-0.25, -0.2) is 4.98 Å². The first-order chi connectivity index (χ1) is 5.77. The Morgan fingerprint density at radius 2 is 2.25 bits per heavy atom. The number of hydrogen-bond acceptors (Lipinski definition) is 3. The lowest BCUT2D eigenvalue weighted by Gasteiger charge is -2.08. The lowest BCUT2D eigenvalue weighted by molar-refractivity contribution is 1.01. The maximum Gasteiger partial charge on any atom is 0.226 e. The molecule has 12 heavy (non-hydrogen) atoms. The molecule has 0 saturated heterocycles. The average Bonchev–Trinajstić information content (AvgIpc) is 2.49. The molecule has 1 N–H and O–H groups in total. The quantitative estimate of drug-likeness (QED) is 0.681. The molecule has 0 aromatic carbocycles. The van der Waals surface area contributed by atoms with E-state index in [1.807, 2.05) is 37.5 Å². The molecule has 0 bridgehead atoms. The Morgan fingerprint density at radius 1 is 1.42 bits per heavy atom. The second-order valence-electron chi connectivity index (χ2n) is 2.85. The van der Waals surface area contributed by atoms with Crippen molar-refractivity contribution in [1.29, 1.82) is 0 Å². The van der Waals surface area contributed by atoms with Crippen LogP contribution in [-0.2, 0) is 0 Å². The van der Waals surface area contributed by atoms with Crippen LogP contribution in [0, 0.1) is 0 Å². The fraction of sp³-hybridized carbons (Fsp3) is 0.250. The van der Waals surface area contributed by atoms with Gasteiger partial charge in [0.15, 0.2) is 0 Å². The van der Waals surface area contributed by atoms with Crippen LogP contribution in [0.15, 0.2) is 18.5 Å². The lowest BCUT2D eigenvalue weighted by atomic mass is 10.4. The summed E-state index contributed by atoms with van der Waals surface area (Å²) in [5.41, 5.74) is 0.883. The molecule has 4 nitrogen and oxygen atoms in total. The predicted octanol–water partition coefficient (Wildman–Crippen LogP) is 1.02. The molecule has 0 fully saturated rings. The zero-order chi connectivity index (χ0) is 8.55. The molecule has 2 rings (SSSR count). The minimum absolute atomic E-state index is 0.727. The Kier molecular flexibility index (Phi) is 1.46. The number of anilines is 1. The van der Waals surface area contributed by atoms with Gasteiger partial charge >= 0.3 is 0 Å². The summed E-state index contributed by atoms with van der Waals surface area (Å²) in [6.07, 6.45) is 3.67. The van der Waals surface area contributed by atoms with Crippen molar-refractivity contribution in [1.82, 2.24) is 15.0 Å². The van der Waals surface area contributed by atoms with E-state index in [0.717, 1.165) is 17.0 Å². The van der Waals surface area contributed by atoms with Crippen molar-refractivity contribution < 1.29 is 0 Å². The topological polar surface area (TPSA) is 44.8 Å². The Hall–Kier alpha value is -1.58. The standard InChI is InChI=1S/C8H10N4/c1-12(2)8-10-5-6-3-4-9-7(6)11-8/h3-5H,1-2H3,(H,9,10,11). The van der Waals surface area contributed by atoms with Gasteiger partial charge in [0.1, 0.15) is 5.65 Å². The summed E-state index contributed by atoms with van der Waals surface area (Å²) in [6.45, 7) is 0. The first-order valence-corrected chi connectivity index (χ1v) is 3.75. The van der Waals surface area contributed by atoms with E-state index in [9.17, 15) is 0 Å². The van der Waals surface area contributed by atoms with E-state index in [1.54, 1.807) is 0 Å². The number of nitrogens with zero attached hydrogens (tertiary/aromatic N) is 3. The largest absolute Gasteiger partial charge is 0.347 e. The summed E-state index contributed by atoms with van der Waals surface area (Å²) in [5, 5.41) is 1.04. The monoisotopic (exact) mass is 162 g/mol. The summed E-state index contributed by atoms with van der Waals surface area (Å²) >= 11 is 0. The van der Waals surface area contributed by atoms with E-state index in [-0.39, 0.29) is 0 Å². The van der Waals surface area contributed by atoms with Crippen LogP contribution in [0.4, 0.5) is 5.95 Å². The van der Waals surface area contributed by atoms with Crippen LogP contribution in [0.2, 0.25) is 0 Å². The zero-order valence-corrected chi connectivity index (χ0v) is 7.07. The number of aromatic amines is 1. The molecule has 0 atom stereocenters. The van der Waals surface area contributed by atoms with Gasteiger partial charge < -0.3 is 9.88 Å². The van der Waals surface area contributed by atoms with Gasteiger partial charge in [-0.3, -0.25) is 0 Å². The number of hydrogen-bond donors (Lipinski definition) is 1. The minimum atomic E-state index is 0.727. The van der Waals surface area contributed by atoms with E-state index in [4.69, 9.17) is 0 Å². The van der Waals surface area contributed by atoms with Crippen molar-refractivity contribution in [2.45, 2.75) is 0 Å². The van der Waals surface area contributed by atoms with Crippen LogP contribution in [0.3, 0.4) is 0 Å². The molecule has 2 aromatic heterocycles. The molecule has 2 aromatic rings. The van der Waals surface area contributed by atoms with Gasteiger partial charge in [0, 0.05) is 31.9 Å². The number of rotatable bonds is 1. The van der Waals surface area contributed by atoms with Gasteiger partial charge in [-0.1, -0.05) is 0 Å². The maximum absolute atomic E-state index is 4.29. The van der Waals surface area contributed by atoms with Crippen molar-refractivity contribution in [2.75, 3.05) is 19.0 Å². The van der Waals surface area contributed by atoms with E-state index in [1.165, 1.54) is 0 Å². The summed E-state index contributed by atoms with van der Waals surface area (Å²) in [7, 11) is 3.84. The van der Waals surface area contributed by atoms with Gasteiger partial charge in [-0.05, 0) is 6.07 Å². The minimum Gasteiger partial charge on any atom is -0.347 e. The molecule has 0 aliphatic carbocycles. The SMILES string of the molecule is CN(C)c1ncc2cc[nH]c2n1. The molecule has 62 valence electrons. The highest BCUT2D eigenvalue weighted by molar-refractivity contribution is 5.75.